The van der Waals surface area contributed by atoms with Crippen molar-refractivity contribution in [3.05, 3.63) is 47.3 Å². The lowest BCUT2D eigenvalue weighted by molar-refractivity contribution is 0.0598. The van der Waals surface area contributed by atoms with E-state index in [1.165, 1.54) is 63.3 Å². The molecule has 0 aliphatic heterocycles. The molecule has 0 atom stereocenters. The van der Waals surface area contributed by atoms with Gasteiger partial charge in [0.15, 0.2) is 0 Å². The van der Waals surface area contributed by atoms with E-state index in [9.17, 15) is 22.8 Å². The van der Waals surface area contributed by atoms with Crippen molar-refractivity contribution in [2.24, 2.45) is 7.05 Å². The minimum atomic E-state index is -3.72. The van der Waals surface area contributed by atoms with Crippen LogP contribution in [0, 0.1) is 0 Å². The maximum absolute atomic E-state index is 12.6. The fourth-order valence-corrected chi connectivity index (χ4v) is 3.19. The fourth-order valence-electron chi connectivity index (χ4n) is 2.39. The highest BCUT2D eigenvalue weighted by Crippen LogP contribution is 2.19. The van der Waals surface area contributed by atoms with E-state index in [0.717, 1.165) is 0 Å². The Labute approximate surface area is 161 Å². The van der Waals surface area contributed by atoms with Crippen molar-refractivity contribution in [1.29, 1.82) is 0 Å². The molecular formula is C17H19N3O7S. The maximum atomic E-state index is 12.6. The van der Waals surface area contributed by atoms with Crippen molar-refractivity contribution in [3.8, 4) is 0 Å². The molecule has 1 aromatic heterocycles. The number of carbonyl (C=O) groups excluding carboxylic acids is 3. The predicted molar refractivity (Wildman–Crippen MR) is 98.7 cm³/mol. The molecule has 0 saturated heterocycles. The highest BCUT2D eigenvalue weighted by molar-refractivity contribution is 7.89. The topological polar surface area (TPSA) is 133 Å². The summed E-state index contributed by atoms with van der Waals surface area (Å²) >= 11 is 0. The Morgan fingerprint density at radius 3 is 1.96 bits per heavy atom. The van der Waals surface area contributed by atoms with Gasteiger partial charge in [0.2, 0.25) is 10.0 Å². The average molecular weight is 409 g/mol. The van der Waals surface area contributed by atoms with Crippen LogP contribution in [-0.2, 0) is 26.5 Å². The molecule has 1 aromatic carbocycles. The molecule has 28 heavy (non-hydrogen) atoms. The summed E-state index contributed by atoms with van der Waals surface area (Å²) in [6, 6.07) is 5.12. The second kappa shape index (κ2) is 8.23. The van der Waals surface area contributed by atoms with Gasteiger partial charge in [0.25, 0.3) is 5.91 Å². The molecule has 0 bridgehead atoms. The van der Waals surface area contributed by atoms with Gasteiger partial charge in [-0.1, -0.05) is 0 Å². The average Bonchev–Trinajstić information content (AvgIpc) is 3.09. The number of aryl methyl sites for hydroxylation is 1. The molecule has 1 amide bonds. The minimum absolute atomic E-state index is 0.0334. The first kappa shape index (κ1) is 21.1. The molecule has 11 heteroatoms. The molecule has 0 unspecified atom stereocenters. The van der Waals surface area contributed by atoms with Crippen molar-refractivity contribution in [2.75, 3.05) is 26.6 Å². The van der Waals surface area contributed by atoms with Gasteiger partial charge in [-0.3, -0.25) is 4.79 Å². The summed E-state index contributed by atoms with van der Waals surface area (Å²) in [4.78, 5) is 36.1. The third kappa shape index (κ3) is 4.38. The fraction of sp³-hybridized carbons (Fsp3) is 0.235. The Hall–Kier alpha value is -3.18. The van der Waals surface area contributed by atoms with Gasteiger partial charge < -0.3 is 19.4 Å². The van der Waals surface area contributed by atoms with Gasteiger partial charge >= 0.3 is 11.9 Å². The molecule has 0 spiro atoms. The van der Waals surface area contributed by atoms with Crippen LogP contribution in [0.5, 0.6) is 0 Å². The first-order valence-electron chi connectivity index (χ1n) is 7.86. The highest BCUT2D eigenvalue weighted by Gasteiger charge is 2.20. The Bertz CT molecular complexity index is 1010. The lowest BCUT2D eigenvalue weighted by Gasteiger charge is -2.10. The van der Waals surface area contributed by atoms with Gasteiger partial charge in [0.1, 0.15) is 10.6 Å². The predicted octanol–water partition coefficient (Wildman–Crippen LogP) is 0.759. The number of anilines is 1. The van der Waals surface area contributed by atoms with Crippen LogP contribution < -0.4 is 10.0 Å². The molecule has 0 aliphatic rings. The quantitative estimate of drug-likeness (QED) is 0.673. The van der Waals surface area contributed by atoms with Gasteiger partial charge in [-0.15, -0.1) is 0 Å². The van der Waals surface area contributed by atoms with Gasteiger partial charge in [-0.05, 0) is 31.3 Å². The van der Waals surface area contributed by atoms with Crippen molar-refractivity contribution in [3.63, 3.8) is 0 Å². The number of methoxy groups -OCH3 is 2. The van der Waals surface area contributed by atoms with E-state index in [2.05, 4.69) is 19.5 Å². The number of esters is 2. The molecule has 0 radical (unpaired) electrons. The molecule has 0 saturated carbocycles. The summed E-state index contributed by atoms with van der Waals surface area (Å²) in [5.74, 6) is -2.05. The monoisotopic (exact) mass is 409 g/mol. The number of rotatable bonds is 6. The number of carbonyl (C=O) groups is 3. The number of hydrogen-bond donors (Lipinski definition) is 2. The summed E-state index contributed by atoms with van der Waals surface area (Å²) in [7, 11) is 1.40. The second-order valence-corrected chi connectivity index (χ2v) is 7.50. The molecule has 10 nitrogen and oxygen atoms in total. The molecule has 2 N–H and O–H groups in total. The normalized spacial score (nSPS) is 11.0. The molecule has 2 aromatic rings. The lowest BCUT2D eigenvalue weighted by Crippen LogP contribution is -2.18. The van der Waals surface area contributed by atoms with Gasteiger partial charge in [0, 0.05) is 18.9 Å². The molecule has 1 heterocycles. The third-order valence-electron chi connectivity index (χ3n) is 3.82. The third-order valence-corrected chi connectivity index (χ3v) is 5.21. The van der Waals surface area contributed by atoms with E-state index in [0.29, 0.717) is 0 Å². The largest absolute Gasteiger partial charge is 0.465 e. The van der Waals surface area contributed by atoms with E-state index in [1.54, 1.807) is 0 Å². The summed E-state index contributed by atoms with van der Waals surface area (Å²) < 4.78 is 36.6. The van der Waals surface area contributed by atoms with Crippen molar-refractivity contribution in [1.82, 2.24) is 9.29 Å². The SMILES string of the molecule is CNS(=O)(=O)c1cc(C(=O)Nc2cc(C(=O)OC)cc(C(=O)OC)c2)n(C)c1. The van der Waals surface area contributed by atoms with Gasteiger partial charge in [-0.2, -0.15) is 0 Å². The van der Waals surface area contributed by atoms with Crippen molar-refractivity contribution < 1.29 is 32.3 Å². The van der Waals surface area contributed by atoms with Gasteiger partial charge in [-0.25, -0.2) is 22.7 Å². The lowest BCUT2D eigenvalue weighted by atomic mass is 10.1. The van der Waals surface area contributed by atoms with Crippen molar-refractivity contribution in [2.45, 2.75) is 4.90 Å². The van der Waals surface area contributed by atoms with Crippen LogP contribution in [-0.4, -0.2) is 52.1 Å². The number of benzene rings is 1. The number of sulfonamides is 1. The summed E-state index contributed by atoms with van der Waals surface area (Å²) in [6.07, 6.45) is 1.28. The number of nitrogens with one attached hydrogen (secondary N) is 2. The van der Waals surface area contributed by atoms with Crippen LogP contribution >= 0.6 is 0 Å². The number of aromatic nitrogens is 1. The highest BCUT2D eigenvalue weighted by atomic mass is 32.2. The second-order valence-electron chi connectivity index (χ2n) is 5.62. The number of amides is 1. The number of hydrogen-bond acceptors (Lipinski definition) is 7. The molecule has 2 rings (SSSR count). The minimum Gasteiger partial charge on any atom is -0.465 e. The summed E-state index contributed by atoms with van der Waals surface area (Å²) in [5.41, 5.74) is 0.251. The van der Waals surface area contributed by atoms with Gasteiger partial charge in [0.05, 0.1) is 25.3 Å². The molecule has 0 aliphatic carbocycles. The van der Waals surface area contributed by atoms with Crippen LogP contribution in [0.25, 0.3) is 0 Å². The van der Waals surface area contributed by atoms with E-state index >= 15 is 0 Å². The molecular weight excluding hydrogens is 390 g/mol. The van der Waals surface area contributed by atoms with Crippen LogP contribution in [0.15, 0.2) is 35.4 Å². The first-order valence-corrected chi connectivity index (χ1v) is 9.34. The zero-order valence-corrected chi connectivity index (χ0v) is 16.4. The van der Waals surface area contributed by atoms with E-state index in [4.69, 9.17) is 0 Å². The number of nitrogens with zero attached hydrogens (tertiary/aromatic N) is 1. The van der Waals surface area contributed by atoms with Crippen LogP contribution in [0.2, 0.25) is 0 Å². The van der Waals surface area contributed by atoms with Crippen LogP contribution in [0.1, 0.15) is 31.2 Å². The zero-order valence-electron chi connectivity index (χ0n) is 15.6. The van der Waals surface area contributed by atoms with Crippen molar-refractivity contribution >= 4 is 33.6 Å². The van der Waals surface area contributed by atoms with Crippen LogP contribution in [0.4, 0.5) is 5.69 Å². The molecule has 150 valence electrons. The summed E-state index contributed by atoms with van der Waals surface area (Å²) in [6.45, 7) is 0. The Morgan fingerprint density at radius 2 is 1.50 bits per heavy atom. The Morgan fingerprint density at radius 1 is 0.964 bits per heavy atom. The van der Waals surface area contributed by atoms with E-state index in [1.807, 2.05) is 0 Å². The maximum Gasteiger partial charge on any atom is 0.337 e. The summed E-state index contributed by atoms with van der Waals surface area (Å²) in [5, 5.41) is 2.53. The zero-order chi connectivity index (χ0) is 21.1. The van der Waals surface area contributed by atoms with E-state index < -0.39 is 27.9 Å². The first-order chi connectivity index (χ1) is 13.1. The van der Waals surface area contributed by atoms with E-state index in [-0.39, 0.29) is 27.4 Å². The number of ether oxygens (including phenoxy) is 2. The Kier molecular flexibility index (Phi) is 6.21. The molecule has 0 fully saturated rings. The smallest absolute Gasteiger partial charge is 0.337 e. The van der Waals surface area contributed by atoms with Crippen LogP contribution in [0.3, 0.4) is 0 Å². The standard InChI is InChI=1S/C17H19N3O7S/c1-18-28(24,25)13-8-14(20(2)9-13)15(21)19-12-6-10(16(22)26-3)5-11(7-12)17(23)27-4/h5-9,18H,1-4H3,(H,19,21). The Balaban J connectivity index is 2.41.